The van der Waals surface area contributed by atoms with Crippen molar-refractivity contribution in [3.8, 4) is 17.0 Å². The van der Waals surface area contributed by atoms with Crippen LogP contribution in [-0.4, -0.2) is 43.0 Å². The van der Waals surface area contributed by atoms with Crippen LogP contribution in [0.5, 0.6) is 5.75 Å². The molecule has 2 saturated heterocycles. The highest BCUT2D eigenvalue weighted by molar-refractivity contribution is 5.90. The van der Waals surface area contributed by atoms with Crippen molar-refractivity contribution in [1.29, 1.82) is 0 Å². The lowest BCUT2D eigenvalue weighted by atomic mass is 9.97. The third kappa shape index (κ3) is 5.02. The number of hydrogen-bond donors (Lipinski definition) is 0. The fraction of sp³-hybridized carbons (Fsp3) is 0.448. The maximum atomic E-state index is 15.0. The van der Waals surface area contributed by atoms with Crippen LogP contribution in [0, 0.1) is 11.6 Å². The molecule has 2 bridgehead atoms. The largest absolute Gasteiger partial charge is 0.465 e. The fourth-order valence-corrected chi connectivity index (χ4v) is 6.08. The van der Waals surface area contributed by atoms with E-state index in [0.717, 1.165) is 44.9 Å². The van der Waals surface area contributed by atoms with E-state index >= 15 is 8.78 Å². The normalized spacial score (nSPS) is 22.1. The second-order valence-corrected chi connectivity index (χ2v) is 10.5. The van der Waals surface area contributed by atoms with Crippen molar-refractivity contribution in [2.75, 3.05) is 12.0 Å². The molecule has 6 rings (SSSR count). The maximum absolute atomic E-state index is 15.0. The zero-order valence-corrected chi connectivity index (χ0v) is 21.7. The molecule has 1 saturated carbocycles. The lowest BCUT2D eigenvalue weighted by Gasteiger charge is -2.40. The number of halogens is 4. The Kier molecular flexibility index (Phi) is 7.16. The van der Waals surface area contributed by atoms with Gasteiger partial charge in [0.25, 0.3) is 0 Å². The average Bonchev–Trinajstić information content (AvgIpc) is 3.64. The van der Waals surface area contributed by atoms with Crippen LogP contribution in [0.25, 0.3) is 11.3 Å². The molecule has 1 aromatic heterocycles. The van der Waals surface area contributed by atoms with Gasteiger partial charge in [-0.1, -0.05) is 17.3 Å². The zero-order chi connectivity index (χ0) is 28.0. The lowest BCUT2D eigenvalue weighted by Crippen LogP contribution is -2.46. The number of carbonyl (C=O) groups is 1. The highest BCUT2D eigenvalue weighted by Gasteiger charge is 2.44. The topological polar surface area (TPSA) is 74.0 Å². The van der Waals surface area contributed by atoms with Gasteiger partial charge in [0, 0.05) is 29.1 Å². The number of anilines is 1. The Hall–Kier alpha value is -3.60. The number of nitrogens with zero attached hydrogens (tertiary/aromatic N) is 2. The molecular formula is C29H28F4N2O5. The molecule has 3 aromatic rings. The molecule has 0 N–H and O–H groups in total. The van der Waals surface area contributed by atoms with Crippen LogP contribution in [0.1, 0.15) is 66.1 Å². The van der Waals surface area contributed by atoms with Crippen LogP contribution in [0.4, 0.5) is 23.2 Å². The monoisotopic (exact) mass is 560 g/mol. The lowest BCUT2D eigenvalue weighted by molar-refractivity contribution is -0.0494. The van der Waals surface area contributed by atoms with Crippen LogP contribution < -0.4 is 9.64 Å². The summed E-state index contributed by atoms with van der Waals surface area (Å²) in [6, 6.07) is 8.18. The molecule has 40 heavy (non-hydrogen) atoms. The third-order valence-corrected chi connectivity index (χ3v) is 7.97. The van der Waals surface area contributed by atoms with Gasteiger partial charge < -0.3 is 23.6 Å². The Balaban J connectivity index is 1.20. The van der Waals surface area contributed by atoms with Gasteiger partial charge in [-0.15, -0.1) is 0 Å². The molecular weight excluding hydrogens is 532 g/mol. The van der Waals surface area contributed by atoms with Crippen LogP contribution >= 0.6 is 0 Å². The molecule has 3 aliphatic rings. The van der Waals surface area contributed by atoms with Gasteiger partial charge in [-0.2, -0.15) is 8.78 Å². The van der Waals surface area contributed by atoms with Crippen molar-refractivity contribution in [2.45, 2.75) is 75.8 Å². The molecule has 7 nitrogen and oxygen atoms in total. The summed E-state index contributed by atoms with van der Waals surface area (Å²) in [5, 5.41) is 4.21. The Morgan fingerprint density at radius 1 is 1.07 bits per heavy atom. The van der Waals surface area contributed by atoms with Crippen LogP contribution in [0.15, 0.2) is 40.9 Å². The predicted molar refractivity (Wildman–Crippen MR) is 135 cm³/mol. The molecule has 3 heterocycles. The summed E-state index contributed by atoms with van der Waals surface area (Å²) in [4.78, 5) is 13.6. The molecule has 0 amide bonds. The highest BCUT2D eigenvalue weighted by atomic mass is 19.3. The standard InChI is InChI=1S/C29H28F4N2O5/c1-37-28(36)16-10-22(30)26(23(31)11-16)35-17-8-9-18(35)13-19(12-17)38-14-21-25(34-40-27(21)15-6-7-15)20-4-2-3-5-24(20)39-29(32)33/h2-5,10-11,15,17-19,29H,6-9,12-14H2,1H3. The minimum Gasteiger partial charge on any atom is -0.465 e. The molecule has 2 unspecified atom stereocenters. The average molecular weight is 561 g/mol. The Morgan fingerprint density at radius 3 is 2.38 bits per heavy atom. The first-order valence-electron chi connectivity index (χ1n) is 13.3. The number of ether oxygens (including phenoxy) is 3. The van der Waals surface area contributed by atoms with E-state index in [1.807, 2.05) is 0 Å². The summed E-state index contributed by atoms with van der Waals surface area (Å²) in [5.41, 5.74) is 1.20. The molecule has 212 valence electrons. The van der Waals surface area contributed by atoms with E-state index in [1.165, 1.54) is 6.07 Å². The number of benzene rings is 2. The van der Waals surface area contributed by atoms with Gasteiger partial charge in [0.1, 0.15) is 34.5 Å². The van der Waals surface area contributed by atoms with Crippen molar-refractivity contribution in [3.63, 3.8) is 0 Å². The molecule has 11 heteroatoms. The minimum atomic E-state index is -2.98. The smallest absolute Gasteiger partial charge is 0.387 e. The second kappa shape index (κ2) is 10.8. The molecule has 2 atom stereocenters. The van der Waals surface area contributed by atoms with Gasteiger partial charge in [-0.05, 0) is 62.8 Å². The molecule has 0 spiro atoms. The summed E-state index contributed by atoms with van der Waals surface area (Å²) in [6.45, 7) is -2.82. The van der Waals surface area contributed by atoms with E-state index < -0.39 is 24.2 Å². The predicted octanol–water partition coefficient (Wildman–Crippen LogP) is 6.60. The van der Waals surface area contributed by atoms with E-state index in [2.05, 4.69) is 9.89 Å². The SMILES string of the molecule is COC(=O)c1cc(F)c(N2C3CCC2CC(OCc2c(-c4ccccc4OC(F)F)noc2C2CC2)C3)c(F)c1. The van der Waals surface area contributed by atoms with Gasteiger partial charge in [-0.25, -0.2) is 13.6 Å². The molecule has 2 aliphatic heterocycles. The number of esters is 1. The van der Waals surface area contributed by atoms with Gasteiger partial charge >= 0.3 is 12.6 Å². The molecule has 2 aromatic carbocycles. The van der Waals surface area contributed by atoms with Crippen LogP contribution in [0.3, 0.4) is 0 Å². The van der Waals surface area contributed by atoms with Gasteiger partial charge in [0.05, 0.1) is 25.4 Å². The number of rotatable bonds is 9. The Bertz CT molecular complexity index is 1370. The van der Waals surface area contributed by atoms with E-state index in [4.69, 9.17) is 14.0 Å². The first kappa shape index (κ1) is 26.6. The summed E-state index contributed by atoms with van der Waals surface area (Å²) < 4.78 is 77.5. The number of hydrogen-bond acceptors (Lipinski definition) is 7. The van der Waals surface area contributed by atoms with E-state index in [1.54, 1.807) is 23.1 Å². The van der Waals surface area contributed by atoms with Crippen LogP contribution in [-0.2, 0) is 16.1 Å². The number of methoxy groups -OCH3 is 1. The molecule has 0 radical (unpaired) electrons. The van der Waals surface area contributed by atoms with E-state index in [-0.39, 0.29) is 47.7 Å². The van der Waals surface area contributed by atoms with Crippen molar-refractivity contribution < 1.29 is 41.1 Å². The Morgan fingerprint density at radius 2 is 1.75 bits per heavy atom. The summed E-state index contributed by atoms with van der Waals surface area (Å²) in [6.07, 6.45) is 4.34. The quantitative estimate of drug-likeness (QED) is 0.216. The minimum absolute atomic E-state index is 0.00280. The van der Waals surface area contributed by atoms with Gasteiger partial charge in [0.15, 0.2) is 0 Å². The highest BCUT2D eigenvalue weighted by Crippen LogP contribution is 2.46. The number of fused-ring (bicyclic) bond motifs is 2. The number of para-hydroxylation sites is 1. The zero-order valence-electron chi connectivity index (χ0n) is 21.7. The first-order chi connectivity index (χ1) is 19.3. The van der Waals surface area contributed by atoms with Crippen molar-refractivity contribution >= 4 is 11.7 Å². The maximum Gasteiger partial charge on any atom is 0.387 e. The summed E-state index contributed by atoms with van der Waals surface area (Å²) in [5.74, 6) is -1.50. The number of piperidine rings is 1. The number of alkyl halides is 2. The fourth-order valence-electron chi connectivity index (χ4n) is 6.08. The van der Waals surface area contributed by atoms with Crippen LogP contribution in [0.2, 0.25) is 0 Å². The third-order valence-electron chi connectivity index (χ3n) is 7.97. The molecule has 1 aliphatic carbocycles. The van der Waals surface area contributed by atoms with Crippen molar-refractivity contribution in [3.05, 3.63) is 64.9 Å². The Labute approximate surface area is 228 Å². The second-order valence-electron chi connectivity index (χ2n) is 10.5. The van der Waals surface area contributed by atoms with E-state index in [9.17, 15) is 13.6 Å². The van der Waals surface area contributed by atoms with Gasteiger partial charge in [0.2, 0.25) is 0 Å². The molecule has 3 fully saturated rings. The summed E-state index contributed by atoms with van der Waals surface area (Å²) >= 11 is 0. The van der Waals surface area contributed by atoms with Crippen molar-refractivity contribution in [1.82, 2.24) is 5.16 Å². The summed E-state index contributed by atoms with van der Waals surface area (Å²) in [7, 11) is 1.16. The van der Waals surface area contributed by atoms with Crippen molar-refractivity contribution in [2.24, 2.45) is 0 Å². The number of aromatic nitrogens is 1. The first-order valence-corrected chi connectivity index (χ1v) is 13.3. The van der Waals surface area contributed by atoms with Gasteiger partial charge in [-0.3, -0.25) is 0 Å². The number of carbonyl (C=O) groups excluding carboxylic acids is 1. The van der Waals surface area contributed by atoms with E-state index in [0.29, 0.717) is 35.4 Å².